The van der Waals surface area contributed by atoms with Crippen molar-refractivity contribution in [3.05, 3.63) is 36.5 Å². The van der Waals surface area contributed by atoms with Crippen molar-refractivity contribution >= 4 is 13.8 Å². The SMILES string of the molecule is CCC/C=C\C/C=C\CCCCCCCCOCC(COP(=O)(O)OCCN)OC(=O)CCCCCCCCC/C=C\CCCCCCCC. The van der Waals surface area contributed by atoms with Crippen molar-refractivity contribution in [2.24, 2.45) is 5.73 Å². The van der Waals surface area contributed by atoms with Crippen LogP contribution in [0, 0.1) is 0 Å². The smallest absolute Gasteiger partial charge is 0.457 e. The molecule has 0 saturated carbocycles. The molecule has 0 amide bonds. The minimum absolute atomic E-state index is 0.0974. The molecule has 2 unspecified atom stereocenters. The molecule has 8 nitrogen and oxygen atoms in total. The average Bonchev–Trinajstić information content (AvgIpc) is 3.10. The molecule has 0 aromatic rings. The number of rotatable bonds is 39. The van der Waals surface area contributed by atoms with Crippen molar-refractivity contribution in [3.63, 3.8) is 0 Å². The molecule has 0 aliphatic rings. The van der Waals surface area contributed by atoms with Gasteiger partial charge in [0.2, 0.25) is 0 Å². The molecule has 0 heterocycles. The topological polar surface area (TPSA) is 117 Å². The Kier molecular flexibility index (Phi) is 37.9. The monoisotopic (exact) mass is 728 g/mol. The first kappa shape index (κ1) is 48.7. The second-order valence-corrected chi connectivity index (χ2v) is 14.9. The number of ether oxygens (including phenoxy) is 2. The Hall–Kier alpha value is -1.28. The molecule has 0 aliphatic heterocycles. The van der Waals surface area contributed by atoms with Crippen molar-refractivity contribution < 1.29 is 32.8 Å². The van der Waals surface area contributed by atoms with Gasteiger partial charge in [0.15, 0.2) is 0 Å². The van der Waals surface area contributed by atoms with Gasteiger partial charge in [-0.15, -0.1) is 0 Å². The third-order valence-electron chi connectivity index (χ3n) is 8.51. The molecule has 294 valence electrons. The van der Waals surface area contributed by atoms with E-state index in [4.69, 9.17) is 24.3 Å². The predicted octanol–water partition coefficient (Wildman–Crippen LogP) is 11.9. The number of unbranched alkanes of at least 4 members (excludes halogenated alkanes) is 20. The van der Waals surface area contributed by atoms with Gasteiger partial charge in [0.05, 0.1) is 19.8 Å². The maximum Gasteiger partial charge on any atom is 0.472 e. The fraction of sp³-hybridized carbons (Fsp3) is 0.829. The van der Waals surface area contributed by atoms with Gasteiger partial charge in [0.1, 0.15) is 6.10 Å². The molecule has 0 aliphatic carbocycles. The van der Waals surface area contributed by atoms with Crippen LogP contribution in [-0.4, -0.2) is 49.9 Å². The van der Waals surface area contributed by atoms with Crippen molar-refractivity contribution in [2.45, 2.75) is 187 Å². The first-order valence-electron chi connectivity index (χ1n) is 20.5. The zero-order valence-electron chi connectivity index (χ0n) is 32.4. The molecule has 0 radical (unpaired) electrons. The number of carbonyl (C=O) groups is 1. The molecular formula is C41H78NO7P. The summed E-state index contributed by atoms with van der Waals surface area (Å²) in [6.07, 6.45) is 43.0. The van der Waals surface area contributed by atoms with E-state index in [1.54, 1.807) is 0 Å². The van der Waals surface area contributed by atoms with Crippen LogP contribution in [0.2, 0.25) is 0 Å². The zero-order chi connectivity index (χ0) is 36.6. The molecule has 0 saturated heterocycles. The molecule has 0 aromatic heterocycles. The molecule has 50 heavy (non-hydrogen) atoms. The number of hydrogen-bond donors (Lipinski definition) is 2. The van der Waals surface area contributed by atoms with Gasteiger partial charge >= 0.3 is 13.8 Å². The summed E-state index contributed by atoms with van der Waals surface area (Å²) in [7, 11) is -4.28. The molecule has 3 N–H and O–H groups in total. The molecule has 0 aromatic carbocycles. The van der Waals surface area contributed by atoms with Gasteiger partial charge < -0.3 is 20.1 Å². The summed E-state index contributed by atoms with van der Waals surface area (Å²) in [4.78, 5) is 22.4. The van der Waals surface area contributed by atoms with Crippen LogP contribution in [-0.2, 0) is 27.9 Å². The van der Waals surface area contributed by atoms with Crippen LogP contribution in [0.15, 0.2) is 36.5 Å². The van der Waals surface area contributed by atoms with Crippen LogP contribution >= 0.6 is 7.82 Å². The summed E-state index contributed by atoms with van der Waals surface area (Å²) in [6, 6.07) is 0. The summed E-state index contributed by atoms with van der Waals surface area (Å²) in [5.74, 6) is -0.339. The minimum Gasteiger partial charge on any atom is -0.457 e. The molecule has 0 rings (SSSR count). The van der Waals surface area contributed by atoms with Gasteiger partial charge in [-0.25, -0.2) is 4.57 Å². The quantitative estimate of drug-likeness (QED) is 0.0278. The van der Waals surface area contributed by atoms with E-state index in [0.717, 1.165) is 57.8 Å². The number of hydrogen-bond acceptors (Lipinski definition) is 7. The van der Waals surface area contributed by atoms with E-state index >= 15 is 0 Å². The number of phosphoric ester groups is 1. The van der Waals surface area contributed by atoms with Crippen LogP contribution < -0.4 is 5.73 Å². The fourth-order valence-electron chi connectivity index (χ4n) is 5.50. The Labute approximate surface area is 308 Å². The van der Waals surface area contributed by atoms with E-state index in [1.807, 2.05) is 0 Å². The lowest BCUT2D eigenvalue weighted by atomic mass is 10.1. The van der Waals surface area contributed by atoms with Crippen LogP contribution in [0.4, 0.5) is 0 Å². The highest BCUT2D eigenvalue weighted by Crippen LogP contribution is 2.43. The molecule has 2 atom stereocenters. The highest BCUT2D eigenvalue weighted by Gasteiger charge is 2.25. The maximum absolute atomic E-state index is 12.6. The number of phosphoric acid groups is 1. The number of esters is 1. The van der Waals surface area contributed by atoms with E-state index in [9.17, 15) is 14.3 Å². The highest BCUT2D eigenvalue weighted by molar-refractivity contribution is 7.47. The lowest BCUT2D eigenvalue weighted by Crippen LogP contribution is -2.28. The standard InChI is InChI=1S/C41H78NO7P/c1-3-5-7-9-11-13-15-17-19-20-21-22-24-26-28-30-32-34-41(43)49-40(39-48-50(44,45)47-37-35-42)38-46-36-33-31-29-27-25-23-18-16-14-12-10-8-6-4-2/h8,10,14,16-17,19,40H,3-7,9,11-13,15,18,20-39,42H2,1-2H3,(H,44,45)/b10-8-,16-14-,19-17-. The summed E-state index contributed by atoms with van der Waals surface area (Å²) in [5, 5.41) is 0. The summed E-state index contributed by atoms with van der Waals surface area (Å²) < 4.78 is 33.3. The summed E-state index contributed by atoms with van der Waals surface area (Å²) >= 11 is 0. The summed E-state index contributed by atoms with van der Waals surface area (Å²) in [5.41, 5.74) is 5.36. The van der Waals surface area contributed by atoms with Crippen LogP contribution in [0.5, 0.6) is 0 Å². The van der Waals surface area contributed by atoms with Crippen molar-refractivity contribution in [2.75, 3.05) is 33.0 Å². The first-order chi connectivity index (χ1) is 24.4. The minimum atomic E-state index is -4.28. The summed E-state index contributed by atoms with van der Waals surface area (Å²) in [6.45, 7) is 4.83. The highest BCUT2D eigenvalue weighted by atomic mass is 31.2. The van der Waals surface area contributed by atoms with Gasteiger partial charge in [0, 0.05) is 19.6 Å². The van der Waals surface area contributed by atoms with Gasteiger partial charge in [0.25, 0.3) is 0 Å². The normalized spacial score (nSPS) is 13.9. The van der Waals surface area contributed by atoms with Crippen LogP contribution in [0.25, 0.3) is 0 Å². The maximum atomic E-state index is 12.6. The fourth-order valence-corrected chi connectivity index (χ4v) is 6.26. The Balaban J connectivity index is 4.07. The average molecular weight is 728 g/mol. The van der Waals surface area contributed by atoms with Crippen molar-refractivity contribution in [3.8, 4) is 0 Å². The van der Waals surface area contributed by atoms with Crippen LogP contribution in [0.3, 0.4) is 0 Å². The lowest BCUT2D eigenvalue weighted by molar-refractivity contribution is -0.154. The molecule has 9 heteroatoms. The first-order valence-corrected chi connectivity index (χ1v) is 22.0. The largest absolute Gasteiger partial charge is 0.472 e. The van der Waals surface area contributed by atoms with Crippen molar-refractivity contribution in [1.82, 2.24) is 0 Å². The van der Waals surface area contributed by atoms with E-state index in [0.29, 0.717) is 13.0 Å². The molecule has 0 bridgehead atoms. The second-order valence-electron chi connectivity index (χ2n) is 13.5. The van der Waals surface area contributed by atoms with Gasteiger partial charge in [-0.1, -0.05) is 147 Å². The number of nitrogens with two attached hydrogens (primary N) is 1. The second kappa shape index (κ2) is 38.9. The van der Waals surface area contributed by atoms with Gasteiger partial charge in [-0.05, 0) is 64.2 Å². The van der Waals surface area contributed by atoms with Crippen molar-refractivity contribution in [1.29, 1.82) is 0 Å². The Morgan fingerprint density at radius 1 is 0.600 bits per heavy atom. The third kappa shape index (κ3) is 38.0. The Morgan fingerprint density at radius 2 is 1.10 bits per heavy atom. The third-order valence-corrected chi connectivity index (χ3v) is 9.49. The van der Waals surface area contributed by atoms with E-state index < -0.39 is 13.9 Å². The Bertz CT molecular complexity index is 864. The van der Waals surface area contributed by atoms with Crippen LogP contribution in [0.1, 0.15) is 181 Å². The number of allylic oxidation sites excluding steroid dienone is 6. The van der Waals surface area contributed by atoms with Gasteiger partial charge in [-0.2, -0.15) is 0 Å². The van der Waals surface area contributed by atoms with Gasteiger partial charge in [-0.3, -0.25) is 13.8 Å². The zero-order valence-corrected chi connectivity index (χ0v) is 33.3. The van der Waals surface area contributed by atoms with E-state index in [-0.39, 0.29) is 32.3 Å². The lowest BCUT2D eigenvalue weighted by Gasteiger charge is -2.20. The Morgan fingerprint density at radius 3 is 1.66 bits per heavy atom. The molecule has 0 spiro atoms. The predicted molar refractivity (Wildman–Crippen MR) is 210 cm³/mol. The molecule has 0 fully saturated rings. The molecular weight excluding hydrogens is 649 g/mol. The van der Waals surface area contributed by atoms with E-state index in [2.05, 4.69) is 50.3 Å². The number of carbonyl (C=O) groups excluding carboxylic acids is 1. The van der Waals surface area contributed by atoms with E-state index in [1.165, 1.54) is 103 Å².